The van der Waals surface area contributed by atoms with Crippen LogP contribution >= 0.6 is 0 Å². The molecule has 4 atom stereocenters. The third kappa shape index (κ3) is 12.6. The molecule has 0 aliphatic rings. The van der Waals surface area contributed by atoms with E-state index in [0.717, 1.165) is 16.7 Å². The molecule has 2 heterocycles. The van der Waals surface area contributed by atoms with E-state index in [1.165, 1.54) is 12.4 Å². The van der Waals surface area contributed by atoms with Gasteiger partial charge in [0.15, 0.2) is 0 Å². The predicted molar refractivity (Wildman–Crippen MR) is 185 cm³/mol. The summed E-state index contributed by atoms with van der Waals surface area (Å²) in [5.41, 5.74) is 9.38. The quantitative estimate of drug-likeness (QED) is 0.116. The molecule has 0 bridgehead atoms. The molecule has 258 valence electrons. The number of nitrogens with two attached hydrogens (primary N) is 1. The second-order valence-corrected chi connectivity index (χ2v) is 12.1. The summed E-state index contributed by atoms with van der Waals surface area (Å²) in [5, 5.41) is 20.2. The number of nitrogens with one attached hydrogen (secondary N) is 3. The maximum absolute atomic E-state index is 13.7. The minimum absolute atomic E-state index is 0.0370. The number of hydrogen-bond acceptors (Lipinski definition) is 9. The number of carbonyl (C=O) groups is 3. The monoisotopic (exact) mass is 668 g/mol. The van der Waals surface area contributed by atoms with E-state index >= 15 is 0 Å². The average molecular weight is 669 g/mol. The Bertz CT molecular complexity index is 1610. The molecule has 12 heteroatoms. The fourth-order valence-corrected chi connectivity index (χ4v) is 5.25. The third-order valence-corrected chi connectivity index (χ3v) is 7.76. The van der Waals surface area contributed by atoms with Gasteiger partial charge in [-0.25, -0.2) is 9.59 Å². The number of pyridine rings is 2. The number of amides is 3. The van der Waals surface area contributed by atoms with Gasteiger partial charge in [0.2, 0.25) is 5.91 Å². The molecule has 2 aromatic heterocycles. The molecule has 0 aliphatic carbocycles. The molecule has 4 aromatic rings. The number of nitrogen functional groups attached to an aromatic ring is 1. The fraction of sp³-hybridized carbons (Fsp3) is 0.324. The van der Waals surface area contributed by atoms with E-state index in [0.29, 0.717) is 24.1 Å². The Kier molecular flexibility index (Phi) is 13.9. The number of ether oxygens (including phenoxy) is 2. The van der Waals surface area contributed by atoms with Crippen molar-refractivity contribution in [2.45, 2.75) is 70.6 Å². The van der Waals surface area contributed by atoms with Gasteiger partial charge in [-0.3, -0.25) is 14.8 Å². The molecular weight excluding hydrogens is 624 g/mol. The van der Waals surface area contributed by atoms with Gasteiger partial charge in [-0.05, 0) is 48.4 Å². The number of benzene rings is 2. The van der Waals surface area contributed by atoms with Crippen molar-refractivity contribution in [3.05, 3.63) is 126 Å². The SMILES string of the molecule is CC(C)[C@H](NC(=O)OCc1cncc(N)c1)C(=O)N[C@@H](Cc1ccccc1)[C@@H](O)C[C@H](Cc1ccccc1)NC(=O)OCc1cccnc1. The summed E-state index contributed by atoms with van der Waals surface area (Å²) in [6.07, 6.45) is 4.57. The second kappa shape index (κ2) is 18.7. The molecular formula is C37H44N6O6. The number of hydrogen-bond donors (Lipinski definition) is 5. The summed E-state index contributed by atoms with van der Waals surface area (Å²) >= 11 is 0. The van der Waals surface area contributed by atoms with Crippen molar-refractivity contribution in [1.29, 1.82) is 0 Å². The van der Waals surface area contributed by atoms with Crippen LogP contribution in [0.25, 0.3) is 0 Å². The zero-order valence-electron chi connectivity index (χ0n) is 27.7. The van der Waals surface area contributed by atoms with E-state index in [2.05, 4.69) is 25.9 Å². The molecule has 49 heavy (non-hydrogen) atoms. The van der Waals surface area contributed by atoms with Gasteiger partial charge >= 0.3 is 12.2 Å². The van der Waals surface area contributed by atoms with Crippen LogP contribution in [0.1, 0.15) is 42.5 Å². The van der Waals surface area contributed by atoms with E-state index in [-0.39, 0.29) is 25.6 Å². The van der Waals surface area contributed by atoms with Crippen LogP contribution in [0, 0.1) is 5.92 Å². The Morgan fingerprint density at radius 2 is 1.33 bits per heavy atom. The van der Waals surface area contributed by atoms with Gasteiger partial charge in [0, 0.05) is 42.0 Å². The number of anilines is 1. The highest BCUT2D eigenvalue weighted by atomic mass is 16.6. The molecule has 0 radical (unpaired) electrons. The molecule has 6 N–H and O–H groups in total. The van der Waals surface area contributed by atoms with E-state index in [1.807, 2.05) is 60.7 Å². The zero-order chi connectivity index (χ0) is 35.0. The Morgan fingerprint density at radius 1 is 0.735 bits per heavy atom. The minimum Gasteiger partial charge on any atom is -0.445 e. The molecule has 3 amide bonds. The van der Waals surface area contributed by atoms with Crippen molar-refractivity contribution in [3.8, 4) is 0 Å². The topological polar surface area (TPSA) is 178 Å². The largest absolute Gasteiger partial charge is 0.445 e. The number of nitrogens with zero attached hydrogens (tertiary/aromatic N) is 2. The van der Waals surface area contributed by atoms with Crippen LogP contribution in [0.4, 0.5) is 15.3 Å². The van der Waals surface area contributed by atoms with E-state index in [9.17, 15) is 19.5 Å². The number of carbonyl (C=O) groups excluding carboxylic acids is 3. The summed E-state index contributed by atoms with van der Waals surface area (Å²) in [7, 11) is 0. The van der Waals surface area contributed by atoms with Gasteiger partial charge in [0.1, 0.15) is 19.3 Å². The molecule has 0 aliphatic heterocycles. The van der Waals surface area contributed by atoms with Crippen LogP contribution in [0.3, 0.4) is 0 Å². The van der Waals surface area contributed by atoms with Crippen molar-refractivity contribution in [2.24, 2.45) is 5.92 Å². The number of aliphatic hydroxyl groups excluding tert-OH is 1. The fourth-order valence-electron chi connectivity index (χ4n) is 5.25. The van der Waals surface area contributed by atoms with Gasteiger partial charge in [0.05, 0.1) is 17.8 Å². The highest BCUT2D eigenvalue weighted by molar-refractivity contribution is 5.86. The lowest BCUT2D eigenvalue weighted by Crippen LogP contribution is -2.56. The van der Waals surface area contributed by atoms with Crippen LogP contribution in [-0.4, -0.2) is 57.4 Å². The first-order valence-electron chi connectivity index (χ1n) is 16.2. The highest BCUT2D eigenvalue weighted by Crippen LogP contribution is 2.16. The smallest absolute Gasteiger partial charge is 0.408 e. The molecule has 12 nitrogen and oxygen atoms in total. The number of aliphatic hydroxyl groups is 1. The van der Waals surface area contributed by atoms with Crippen molar-refractivity contribution < 1.29 is 29.0 Å². The number of rotatable bonds is 16. The average Bonchev–Trinajstić information content (AvgIpc) is 3.09. The molecule has 0 fully saturated rings. The van der Waals surface area contributed by atoms with Gasteiger partial charge < -0.3 is 36.3 Å². The Balaban J connectivity index is 1.46. The molecule has 2 aromatic carbocycles. The van der Waals surface area contributed by atoms with E-state index in [4.69, 9.17) is 15.2 Å². The number of aromatic nitrogens is 2. The van der Waals surface area contributed by atoms with Crippen LogP contribution in [-0.2, 0) is 40.3 Å². The summed E-state index contributed by atoms with van der Waals surface area (Å²) in [5.74, 6) is -0.792. The van der Waals surface area contributed by atoms with Crippen molar-refractivity contribution >= 4 is 23.8 Å². The van der Waals surface area contributed by atoms with E-state index in [1.54, 1.807) is 44.4 Å². The molecule has 0 unspecified atom stereocenters. The van der Waals surface area contributed by atoms with Crippen molar-refractivity contribution in [1.82, 2.24) is 25.9 Å². The van der Waals surface area contributed by atoms with Crippen molar-refractivity contribution in [2.75, 3.05) is 5.73 Å². The van der Waals surface area contributed by atoms with Gasteiger partial charge in [0.25, 0.3) is 0 Å². The Morgan fingerprint density at radius 3 is 1.94 bits per heavy atom. The second-order valence-electron chi connectivity index (χ2n) is 12.1. The zero-order valence-corrected chi connectivity index (χ0v) is 27.7. The van der Waals surface area contributed by atoms with Gasteiger partial charge in [-0.1, -0.05) is 80.6 Å². The van der Waals surface area contributed by atoms with Crippen LogP contribution in [0.5, 0.6) is 0 Å². The van der Waals surface area contributed by atoms with Gasteiger partial charge in [-0.15, -0.1) is 0 Å². The summed E-state index contributed by atoms with van der Waals surface area (Å²) in [6.45, 7) is 3.55. The molecule has 0 spiro atoms. The Hall–Kier alpha value is -5.49. The summed E-state index contributed by atoms with van der Waals surface area (Å²) in [6, 6.07) is 22.0. The lowest BCUT2D eigenvalue weighted by atomic mass is 9.93. The molecule has 4 rings (SSSR count). The molecule has 0 saturated carbocycles. The van der Waals surface area contributed by atoms with Crippen LogP contribution in [0.2, 0.25) is 0 Å². The maximum Gasteiger partial charge on any atom is 0.408 e. The summed E-state index contributed by atoms with van der Waals surface area (Å²) in [4.78, 5) is 47.4. The first-order valence-corrected chi connectivity index (χ1v) is 16.2. The lowest BCUT2D eigenvalue weighted by molar-refractivity contribution is -0.125. The molecule has 0 saturated heterocycles. The summed E-state index contributed by atoms with van der Waals surface area (Å²) < 4.78 is 10.8. The van der Waals surface area contributed by atoms with Gasteiger partial charge in [-0.2, -0.15) is 0 Å². The highest BCUT2D eigenvalue weighted by Gasteiger charge is 2.31. The lowest BCUT2D eigenvalue weighted by Gasteiger charge is -2.30. The van der Waals surface area contributed by atoms with Crippen LogP contribution < -0.4 is 21.7 Å². The minimum atomic E-state index is -1.09. The standard InChI is InChI=1S/C37H44N6O6/c1-25(2)34(43-37(47)49-24-29-16-30(38)22-40-21-29)35(45)42-32(18-27-12-7-4-8-13-27)33(44)19-31(17-26-10-5-3-6-11-26)41-36(46)48-23-28-14-9-15-39-20-28/h3-16,20-22,25,31-34,44H,17-19,23-24,38H2,1-2H3,(H,41,46)(H,42,45)(H,43,47)/t31-,32-,33-,34-/m0/s1. The maximum atomic E-state index is 13.7. The number of alkyl carbamates (subject to hydrolysis) is 2. The third-order valence-electron chi connectivity index (χ3n) is 7.76. The van der Waals surface area contributed by atoms with Crippen LogP contribution in [0.15, 0.2) is 104 Å². The first-order chi connectivity index (χ1) is 23.7. The van der Waals surface area contributed by atoms with Crippen molar-refractivity contribution in [3.63, 3.8) is 0 Å². The van der Waals surface area contributed by atoms with E-state index < -0.39 is 42.3 Å². The predicted octanol–water partition coefficient (Wildman–Crippen LogP) is 4.33. The Labute approximate surface area is 286 Å². The first kappa shape index (κ1) is 36.3. The normalized spacial score (nSPS) is 13.4.